The first-order valence-corrected chi connectivity index (χ1v) is 15.8. The SMILES string of the molecule is Nc1nc2c(nnn2[C@@H]2SC3OC(O)OC[C@H]4[C@H](F)[C@H](n5nnc6c(N)ncnc65)O[C@@H]4COP(S)O[C@@H]2[C@@H]3O)c(=O)[nH]1. The lowest BCUT2D eigenvalue weighted by atomic mass is 10.0. The van der Waals surface area contributed by atoms with E-state index in [2.05, 4.69) is 52.8 Å². The van der Waals surface area contributed by atoms with E-state index in [1.165, 1.54) is 11.0 Å². The predicted molar refractivity (Wildman–Crippen MR) is 146 cm³/mol. The van der Waals surface area contributed by atoms with Gasteiger partial charge < -0.3 is 44.9 Å². The van der Waals surface area contributed by atoms with Gasteiger partial charge in [-0.3, -0.25) is 9.78 Å². The van der Waals surface area contributed by atoms with Crippen LogP contribution < -0.4 is 17.0 Å². The van der Waals surface area contributed by atoms with E-state index in [-0.39, 0.29) is 47.3 Å². The molecule has 43 heavy (non-hydrogen) atoms. The number of aliphatic hydroxyl groups is 2. The highest BCUT2D eigenvalue weighted by molar-refractivity contribution is 8.41. The van der Waals surface area contributed by atoms with Crippen molar-refractivity contribution in [3.8, 4) is 0 Å². The van der Waals surface area contributed by atoms with Crippen LogP contribution in [0.3, 0.4) is 0 Å². The van der Waals surface area contributed by atoms with Crippen molar-refractivity contribution >= 4 is 65.7 Å². The van der Waals surface area contributed by atoms with Gasteiger partial charge in [0, 0.05) is 5.92 Å². The lowest BCUT2D eigenvalue weighted by Crippen LogP contribution is -2.37. The molecule has 10 atom stereocenters. The quantitative estimate of drug-likeness (QED) is 0.106. The molecule has 4 aromatic rings. The van der Waals surface area contributed by atoms with Crippen molar-refractivity contribution in [2.75, 3.05) is 24.7 Å². The van der Waals surface area contributed by atoms with E-state index in [0.717, 1.165) is 16.4 Å². The van der Waals surface area contributed by atoms with Gasteiger partial charge >= 0.3 is 0 Å². The van der Waals surface area contributed by atoms with Crippen molar-refractivity contribution in [3.63, 3.8) is 0 Å². The van der Waals surface area contributed by atoms with Gasteiger partial charge in [-0.2, -0.15) is 9.67 Å². The molecule has 0 amide bonds. The summed E-state index contributed by atoms with van der Waals surface area (Å²) in [6.45, 7) is -2.48. The fourth-order valence-electron chi connectivity index (χ4n) is 4.97. The van der Waals surface area contributed by atoms with Crippen molar-refractivity contribution in [2.45, 2.75) is 48.0 Å². The second-order valence-corrected chi connectivity index (χ2v) is 12.7. The average molecular weight is 661 g/mol. The first-order valence-electron chi connectivity index (χ1n) is 12.5. The van der Waals surface area contributed by atoms with Gasteiger partial charge in [-0.25, -0.2) is 19.0 Å². The number of rotatable bonds is 2. The molecule has 7 heterocycles. The standard InChI is InChI=1S/C19H22FN12O8PS2/c20-6-4-1-36-19(35)39-17-9(33)10(16(43-17)32-13-8(28-30-32)14(34)26-18(22)25-13)40-41(42)37-2-5(4)38-15(6)31-12-7(27-29-31)11(21)23-3-24-12/h3-6,9-10,15-17,19,33,35,42H,1-2H2,(H2,21,23,24)(H3,22,25,26,34)/t4-,5-,6+,9+,10-,15-,16-,17?,19?,41?/m1/s1. The molecule has 3 unspecified atom stereocenters. The number of H-pyrrole nitrogens is 1. The molecule has 7 N–H and O–H groups in total. The zero-order valence-electron chi connectivity index (χ0n) is 21.4. The lowest BCUT2D eigenvalue weighted by Gasteiger charge is -2.25. The van der Waals surface area contributed by atoms with Crippen LogP contribution in [0.2, 0.25) is 0 Å². The third-order valence-corrected chi connectivity index (χ3v) is 9.84. The number of fused-ring (bicyclic) bond motifs is 5. The number of anilines is 2. The van der Waals surface area contributed by atoms with Crippen molar-refractivity contribution in [1.82, 2.24) is 49.9 Å². The molecule has 0 spiro atoms. The number of aliphatic hydroxyl groups excluding tert-OH is 2. The average Bonchev–Trinajstić information content (AvgIpc) is 3.72. The van der Waals surface area contributed by atoms with Gasteiger partial charge in [0.25, 0.3) is 12.0 Å². The number of nitrogens with zero attached hydrogens (tertiary/aromatic N) is 9. The van der Waals surface area contributed by atoms with Crippen LogP contribution in [0, 0.1) is 5.92 Å². The van der Waals surface area contributed by atoms with Gasteiger partial charge in [0.05, 0.1) is 19.3 Å². The van der Waals surface area contributed by atoms with E-state index >= 15 is 4.39 Å². The zero-order valence-corrected chi connectivity index (χ0v) is 24.0. The maximum absolute atomic E-state index is 15.9. The molecule has 20 nitrogen and oxygen atoms in total. The summed E-state index contributed by atoms with van der Waals surface area (Å²) in [7, 11) is -2.02. The van der Waals surface area contributed by atoms with Gasteiger partial charge in [0.15, 0.2) is 40.5 Å². The number of nitrogens with one attached hydrogen (secondary N) is 1. The van der Waals surface area contributed by atoms with Crippen LogP contribution in [0.15, 0.2) is 11.1 Å². The summed E-state index contributed by atoms with van der Waals surface area (Å²) in [4.78, 5) is 26.7. The van der Waals surface area contributed by atoms with Gasteiger partial charge in [-0.15, -0.1) is 10.2 Å². The number of hydrogen-bond donors (Lipinski definition) is 6. The summed E-state index contributed by atoms with van der Waals surface area (Å²) in [6.07, 6.45) is -5.25. The molecule has 230 valence electrons. The number of ether oxygens (including phenoxy) is 3. The third kappa shape index (κ3) is 5.08. The van der Waals surface area contributed by atoms with Crippen molar-refractivity contribution in [1.29, 1.82) is 0 Å². The maximum Gasteiger partial charge on any atom is 0.282 e. The molecule has 3 fully saturated rings. The summed E-state index contributed by atoms with van der Waals surface area (Å²) >= 11 is 5.39. The van der Waals surface area contributed by atoms with E-state index in [0.29, 0.717) is 0 Å². The van der Waals surface area contributed by atoms with Gasteiger partial charge in [-0.1, -0.05) is 34.4 Å². The summed E-state index contributed by atoms with van der Waals surface area (Å²) in [6, 6.07) is 0. The van der Waals surface area contributed by atoms with Crippen molar-refractivity contribution in [2.24, 2.45) is 5.92 Å². The maximum atomic E-state index is 15.9. The fraction of sp³-hybridized carbons (Fsp3) is 0.579. The molecule has 3 aliphatic rings. The Morgan fingerprint density at radius 1 is 1.12 bits per heavy atom. The van der Waals surface area contributed by atoms with E-state index < -0.39 is 67.1 Å². The molecular formula is C19H22FN12O8PS2. The Labute approximate surface area is 248 Å². The van der Waals surface area contributed by atoms with Gasteiger partial charge in [0.1, 0.15) is 29.3 Å². The molecule has 24 heteroatoms. The van der Waals surface area contributed by atoms with Gasteiger partial charge in [-0.05, 0) is 0 Å². The number of aromatic nitrogens is 10. The Morgan fingerprint density at radius 3 is 2.74 bits per heavy atom. The number of nitrogen functional groups attached to an aromatic ring is 2. The monoisotopic (exact) mass is 660 g/mol. The second-order valence-electron chi connectivity index (χ2n) is 9.56. The topological polar surface area (TPSA) is 272 Å². The van der Waals surface area contributed by atoms with E-state index in [1.54, 1.807) is 0 Å². The zero-order chi connectivity index (χ0) is 30.0. The molecule has 0 radical (unpaired) electrons. The highest BCUT2D eigenvalue weighted by atomic mass is 32.7. The number of thioether (sulfide) groups is 1. The Morgan fingerprint density at radius 2 is 1.91 bits per heavy atom. The molecule has 0 aromatic carbocycles. The largest absolute Gasteiger partial charge is 0.387 e. The van der Waals surface area contributed by atoms with E-state index in [1.807, 2.05) is 0 Å². The Kier molecular flexibility index (Phi) is 7.56. The van der Waals surface area contributed by atoms with Crippen LogP contribution in [-0.2, 0) is 23.3 Å². The number of thiol groups is 1. The first kappa shape index (κ1) is 28.9. The molecule has 2 bridgehead atoms. The summed E-state index contributed by atoms with van der Waals surface area (Å²) in [5.74, 6) is -1.08. The molecule has 7 rings (SSSR count). The van der Waals surface area contributed by atoms with Crippen LogP contribution in [0.1, 0.15) is 11.6 Å². The van der Waals surface area contributed by atoms with E-state index in [4.69, 9.17) is 34.7 Å². The van der Waals surface area contributed by atoms with Crippen molar-refractivity contribution in [3.05, 3.63) is 16.7 Å². The number of aromatic amines is 1. The van der Waals surface area contributed by atoms with Crippen LogP contribution >= 0.6 is 31.6 Å². The Balaban J connectivity index is 1.15. The molecular weight excluding hydrogens is 638 g/mol. The van der Waals surface area contributed by atoms with Crippen LogP contribution in [0.5, 0.6) is 0 Å². The predicted octanol–water partition coefficient (Wildman–Crippen LogP) is -1.42. The molecule has 0 saturated carbocycles. The van der Waals surface area contributed by atoms with Crippen LogP contribution in [0.25, 0.3) is 22.3 Å². The van der Waals surface area contributed by atoms with E-state index in [9.17, 15) is 15.0 Å². The first-order chi connectivity index (χ1) is 20.7. The van der Waals surface area contributed by atoms with Crippen LogP contribution in [-0.4, -0.2) is 110 Å². The molecule has 0 aliphatic carbocycles. The number of alkyl halides is 1. The minimum atomic E-state index is -2.02. The summed E-state index contributed by atoms with van der Waals surface area (Å²) < 4.78 is 47.0. The van der Waals surface area contributed by atoms with Crippen LogP contribution in [0.4, 0.5) is 16.2 Å². The number of nitrogens with two attached hydrogens (primary N) is 2. The molecule has 3 aliphatic heterocycles. The normalized spacial score (nSPS) is 35.4. The fourth-order valence-corrected chi connectivity index (χ4v) is 7.74. The highest BCUT2D eigenvalue weighted by Gasteiger charge is 2.51. The smallest absolute Gasteiger partial charge is 0.282 e. The third-order valence-electron chi connectivity index (χ3n) is 7.01. The number of hydrogen-bond acceptors (Lipinski definition) is 19. The highest BCUT2D eigenvalue weighted by Crippen LogP contribution is 2.54. The Bertz CT molecular complexity index is 1720. The second kappa shape index (κ2) is 11.3. The minimum Gasteiger partial charge on any atom is -0.387 e. The van der Waals surface area contributed by atoms with Crippen molar-refractivity contribution < 1.29 is 37.9 Å². The Hall–Kier alpha value is -2.86. The van der Waals surface area contributed by atoms with Gasteiger partial charge in [0.2, 0.25) is 13.5 Å². The molecule has 4 aromatic heterocycles. The molecule has 3 saturated heterocycles. The minimum absolute atomic E-state index is 0.0254. The summed E-state index contributed by atoms with van der Waals surface area (Å²) in [5, 5.41) is 36.5. The summed E-state index contributed by atoms with van der Waals surface area (Å²) in [5.41, 5.74) is 10.0. The number of halogens is 1. The lowest BCUT2D eigenvalue weighted by molar-refractivity contribution is -0.283.